The molecular weight excluding hydrogens is 365 g/mol. The number of hydrogen-bond donors (Lipinski definition) is 2. The van der Waals surface area contributed by atoms with Crippen LogP contribution in [0, 0.1) is 5.82 Å². The number of ether oxygens (including phenoxy) is 1. The molecule has 28 heavy (non-hydrogen) atoms. The smallest absolute Gasteiger partial charge is 0.263 e. The Kier molecular flexibility index (Phi) is 6.49. The van der Waals surface area contributed by atoms with Crippen LogP contribution in [0.5, 0.6) is 5.88 Å². The number of nitrogens with two attached hydrogens (primary N) is 1. The molecule has 0 spiro atoms. The van der Waals surface area contributed by atoms with Crippen LogP contribution in [-0.4, -0.2) is 32.8 Å². The number of aromatic nitrogens is 4. The van der Waals surface area contributed by atoms with Gasteiger partial charge in [0.2, 0.25) is 11.7 Å². The van der Waals surface area contributed by atoms with E-state index in [2.05, 4.69) is 19.9 Å². The third-order valence-corrected chi connectivity index (χ3v) is 4.37. The quantitative estimate of drug-likeness (QED) is 0.404. The molecule has 0 radical (unpaired) electrons. The number of carbonyl (C=O) groups excluding carboxylic acids is 1. The van der Waals surface area contributed by atoms with Gasteiger partial charge < -0.3 is 19.9 Å². The summed E-state index contributed by atoms with van der Waals surface area (Å²) in [6, 6.07) is 1.20. The highest BCUT2D eigenvalue weighted by atomic mass is 19.1. The molecule has 8 nitrogen and oxygen atoms in total. The number of Topliss-reactive ketones (excluding diaryl/α,β-unsaturated/α-hetero) is 1. The van der Waals surface area contributed by atoms with Gasteiger partial charge in [0.25, 0.3) is 5.89 Å². The Morgan fingerprint density at radius 3 is 2.89 bits per heavy atom. The van der Waals surface area contributed by atoms with Crippen molar-refractivity contribution in [1.82, 2.24) is 19.9 Å². The van der Waals surface area contributed by atoms with Crippen LogP contribution in [0.15, 0.2) is 35.3 Å². The lowest BCUT2D eigenvalue weighted by atomic mass is 10.1. The average molecular weight is 387 g/mol. The van der Waals surface area contributed by atoms with Gasteiger partial charge >= 0.3 is 0 Å². The fourth-order valence-corrected chi connectivity index (χ4v) is 2.83. The summed E-state index contributed by atoms with van der Waals surface area (Å²) in [6.45, 7) is 0. The number of oxazole rings is 1. The van der Waals surface area contributed by atoms with Crippen molar-refractivity contribution in [3.8, 4) is 17.1 Å². The normalized spacial score (nSPS) is 12.1. The lowest BCUT2D eigenvalue weighted by molar-refractivity contribution is 0.0945. The van der Waals surface area contributed by atoms with Gasteiger partial charge in [-0.05, 0) is 12.8 Å². The van der Waals surface area contributed by atoms with E-state index in [1.165, 1.54) is 25.6 Å². The van der Waals surface area contributed by atoms with Crippen LogP contribution in [0.2, 0.25) is 0 Å². The fraction of sp³-hybridized carbons (Fsp3) is 0.368. The SMILES string of the molecule is COc1cc(-c2cnc(C(N)CCCCCC(=O)c3ncco3)[nH]2)c(F)cn1. The van der Waals surface area contributed by atoms with Crippen molar-refractivity contribution < 1.29 is 18.3 Å². The highest BCUT2D eigenvalue weighted by Gasteiger charge is 2.15. The van der Waals surface area contributed by atoms with Crippen molar-refractivity contribution in [2.45, 2.75) is 38.1 Å². The molecular formula is C19H22FN5O3. The fourth-order valence-electron chi connectivity index (χ4n) is 2.83. The Morgan fingerprint density at radius 2 is 2.14 bits per heavy atom. The summed E-state index contributed by atoms with van der Waals surface area (Å²) in [5.74, 6) is 0.483. The number of imidazole rings is 1. The molecule has 1 unspecified atom stereocenters. The molecule has 3 heterocycles. The van der Waals surface area contributed by atoms with Crippen LogP contribution >= 0.6 is 0 Å². The lowest BCUT2D eigenvalue weighted by Crippen LogP contribution is -2.12. The zero-order chi connectivity index (χ0) is 19.9. The number of nitrogens with zero attached hydrogens (tertiary/aromatic N) is 3. The summed E-state index contributed by atoms with van der Waals surface area (Å²) in [6.07, 6.45) is 9.01. The van der Waals surface area contributed by atoms with Gasteiger partial charge in [0.05, 0.1) is 37.4 Å². The molecule has 0 saturated carbocycles. The first-order valence-electron chi connectivity index (χ1n) is 9.01. The van der Waals surface area contributed by atoms with Crippen molar-refractivity contribution >= 4 is 5.78 Å². The second kappa shape index (κ2) is 9.23. The Morgan fingerprint density at radius 1 is 1.29 bits per heavy atom. The third-order valence-electron chi connectivity index (χ3n) is 4.37. The predicted molar refractivity (Wildman–Crippen MR) is 99.2 cm³/mol. The molecule has 9 heteroatoms. The summed E-state index contributed by atoms with van der Waals surface area (Å²) in [5, 5.41) is 0. The summed E-state index contributed by atoms with van der Waals surface area (Å²) in [7, 11) is 1.47. The Labute approximate surface area is 161 Å². The topological polar surface area (TPSA) is 120 Å². The van der Waals surface area contributed by atoms with Gasteiger partial charge in [-0.1, -0.05) is 12.8 Å². The molecule has 0 aromatic carbocycles. The van der Waals surface area contributed by atoms with Gasteiger partial charge in [-0.2, -0.15) is 0 Å². The number of pyridine rings is 1. The zero-order valence-corrected chi connectivity index (χ0v) is 15.5. The van der Waals surface area contributed by atoms with Crippen LogP contribution in [0.25, 0.3) is 11.3 Å². The van der Waals surface area contributed by atoms with E-state index in [4.69, 9.17) is 14.9 Å². The number of halogens is 1. The first-order valence-corrected chi connectivity index (χ1v) is 9.01. The number of rotatable bonds is 10. The van der Waals surface area contributed by atoms with Crippen LogP contribution < -0.4 is 10.5 Å². The second-order valence-electron chi connectivity index (χ2n) is 6.35. The van der Waals surface area contributed by atoms with Crippen molar-refractivity contribution in [3.05, 3.63) is 48.5 Å². The minimum atomic E-state index is -0.472. The molecule has 3 rings (SSSR count). The first-order chi connectivity index (χ1) is 13.6. The van der Waals surface area contributed by atoms with Gasteiger partial charge in [-0.25, -0.2) is 19.3 Å². The van der Waals surface area contributed by atoms with Crippen LogP contribution in [0.4, 0.5) is 4.39 Å². The molecule has 3 aromatic heterocycles. The highest BCUT2D eigenvalue weighted by Crippen LogP contribution is 2.25. The van der Waals surface area contributed by atoms with E-state index in [0.717, 1.165) is 25.5 Å². The molecule has 1 atom stereocenters. The molecule has 0 aliphatic carbocycles. The summed E-state index contributed by atoms with van der Waals surface area (Å²) in [5.41, 5.74) is 7.02. The molecule has 0 saturated heterocycles. The zero-order valence-electron chi connectivity index (χ0n) is 15.5. The number of nitrogens with one attached hydrogen (secondary N) is 1. The maximum Gasteiger partial charge on any atom is 0.263 e. The Hall–Kier alpha value is -3.07. The van der Waals surface area contributed by atoms with Crippen molar-refractivity contribution in [1.29, 1.82) is 0 Å². The minimum Gasteiger partial charge on any atom is -0.481 e. The number of H-pyrrole nitrogens is 1. The summed E-state index contributed by atoms with van der Waals surface area (Å²) < 4.78 is 24.0. The molecule has 0 fully saturated rings. The third kappa shape index (κ3) is 4.80. The number of aromatic amines is 1. The monoisotopic (exact) mass is 387 g/mol. The van der Waals surface area contributed by atoms with E-state index in [1.54, 1.807) is 6.20 Å². The maximum atomic E-state index is 14.0. The summed E-state index contributed by atoms with van der Waals surface area (Å²) in [4.78, 5) is 26.8. The second-order valence-corrected chi connectivity index (χ2v) is 6.35. The van der Waals surface area contributed by atoms with Gasteiger partial charge in [0, 0.05) is 18.1 Å². The number of unbranched alkanes of at least 4 members (excludes halogenated alkanes) is 2. The molecule has 3 N–H and O–H groups in total. The lowest BCUT2D eigenvalue weighted by Gasteiger charge is -2.08. The molecule has 0 aliphatic heterocycles. The van der Waals surface area contributed by atoms with Crippen molar-refractivity contribution in [3.63, 3.8) is 0 Å². The Balaban J connectivity index is 1.48. The van der Waals surface area contributed by atoms with Crippen molar-refractivity contribution in [2.24, 2.45) is 5.73 Å². The maximum absolute atomic E-state index is 14.0. The first kappa shape index (κ1) is 19.7. The molecule has 0 bridgehead atoms. The van der Waals surface area contributed by atoms with Gasteiger partial charge in [-0.15, -0.1) is 0 Å². The van der Waals surface area contributed by atoms with Crippen LogP contribution in [0.3, 0.4) is 0 Å². The minimum absolute atomic E-state index is 0.0974. The number of hydrogen-bond acceptors (Lipinski definition) is 7. The molecule has 0 aliphatic rings. The van der Waals surface area contributed by atoms with Crippen LogP contribution in [-0.2, 0) is 0 Å². The van der Waals surface area contributed by atoms with Crippen molar-refractivity contribution in [2.75, 3.05) is 7.11 Å². The molecule has 3 aromatic rings. The number of carbonyl (C=O) groups is 1. The number of methoxy groups -OCH3 is 1. The van der Waals surface area contributed by atoms with E-state index < -0.39 is 5.82 Å². The standard InChI is InChI=1S/C19H22FN5O3/c1-27-17-9-12(13(20)10-23-17)15-11-24-18(25-15)14(21)5-3-2-4-6-16(26)19-22-7-8-28-19/h7-11,14H,2-6,21H2,1H3,(H,24,25). The largest absolute Gasteiger partial charge is 0.481 e. The van der Waals surface area contributed by atoms with E-state index in [9.17, 15) is 9.18 Å². The highest BCUT2D eigenvalue weighted by molar-refractivity contribution is 5.91. The Bertz CT molecular complexity index is 910. The molecule has 148 valence electrons. The van der Waals surface area contributed by atoms with Gasteiger partial charge in [0.1, 0.15) is 12.1 Å². The molecule has 0 amide bonds. The van der Waals surface area contributed by atoms with E-state index in [0.29, 0.717) is 35.8 Å². The van der Waals surface area contributed by atoms with E-state index >= 15 is 0 Å². The summed E-state index contributed by atoms with van der Waals surface area (Å²) >= 11 is 0. The number of ketones is 1. The van der Waals surface area contributed by atoms with E-state index in [-0.39, 0.29) is 17.7 Å². The predicted octanol–water partition coefficient (Wildman–Crippen LogP) is 3.44. The average Bonchev–Trinajstić information content (AvgIpc) is 3.40. The van der Waals surface area contributed by atoms with Crippen LogP contribution in [0.1, 0.15) is 54.7 Å². The van der Waals surface area contributed by atoms with Gasteiger partial charge in [-0.3, -0.25) is 4.79 Å². The van der Waals surface area contributed by atoms with Gasteiger partial charge in [0.15, 0.2) is 5.82 Å². The van der Waals surface area contributed by atoms with E-state index in [1.807, 2.05) is 0 Å².